The minimum Gasteiger partial charge on any atom is -0.462 e. The Labute approximate surface area is 364 Å². The molecule has 0 aromatic heterocycles. The molecule has 0 radical (unpaired) electrons. The van der Waals surface area contributed by atoms with E-state index in [2.05, 4.69) is 0 Å². The van der Waals surface area contributed by atoms with Crippen LogP contribution in [0, 0.1) is 0 Å². The summed E-state index contributed by atoms with van der Waals surface area (Å²) in [5, 5.41) is 0. The van der Waals surface area contributed by atoms with Gasteiger partial charge in [0.25, 0.3) is 5.79 Å². The molecule has 24 heteroatoms. The fourth-order valence-corrected chi connectivity index (χ4v) is 6.04. The van der Waals surface area contributed by atoms with Crippen LogP contribution in [0.5, 0.6) is 0 Å². The number of carbonyl (C=O) groups is 14. The molecule has 2 aliphatic heterocycles. The molecular formula is C40H50O24. The van der Waals surface area contributed by atoms with Crippen LogP contribution in [0.3, 0.4) is 0 Å². The molecule has 2 heterocycles. The first-order chi connectivity index (χ1) is 29.7. The van der Waals surface area contributed by atoms with Crippen LogP contribution in [0.15, 0.2) is 0 Å². The average Bonchev–Trinajstić information content (AvgIpc) is 3.37. The second-order valence-corrected chi connectivity index (χ2v) is 15.0. The first-order valence-corrected chi connectivity index (χ1v) is 19.5. The Kier molecular flexibility index (Phi) is 20.8. The third-order valence-corrected chi connectivity index (χ3v) is 8.41. The van der Waals surface area contributed by atoms with Gasteiger partial charge in [0.2, 0.25) is 0 Å². The summed E-state index contributed by atoms with van der Waals surface area (Å²) in [6.07, 6.45) is -22.0. The van der Waals surface area contributed by atoms with Gasteiger partial charge in [-0.1, -0.05) is 0 Å². The standard InChI is InChI=1S/C40H50O24/c1-18(41)9-27(48)55-16-26-35(38(61-32(53)14-23(6)46)40(63-26,64-33(54)15-24(7)47)17-56-28(49)10-19(2)42)62-39-37(60-31(52)13-22(5)45)36(59-30(51)12-21(4)44)34(25(8)57-39)58-29(50)11-20(3)43/h25-26,34-39H,9-17H2,1-8H3/t25-,26-,34+,35-,36+,37-,38+,39+,40+/m1/s1. The molecule has 0 aliphatic carbocycles. The van der Waals surface area contributed by atoms with E-state index in [-0.39, 0.29) is 0 Å². The van der Waals surface area contributed by atoms with Gasteiger partial charge >= 0.3 is 41.8 Å². The van der Waals surface area contributed by atoms with Crippen LogP contribution >= 0.6 is 0 Å². The molecule has 2 rings (SSSR count). The van der Waals surface area contributed by atoms with Gasteiger partial charge in [-0.3, -0.25) is 67.1 Å². The first-order valence-electron chi connectivity index (χ1n) is 19.5. The Morgan fingerprint density at radius 2 is 0.812 bits per heavy atom. The van der Waals surface area contributed by atoms with Crippen LogP contribution < -0.4 is 0 Å². The van der Waals surface area contributed by atoms with Crippen LogP contribution in [-0.4, -0.2) is 150 Å². The summed E-state index contributed by atoms with van der Waals surface area (Å²) in [5.41, 5.74) is 0. The van der Waals surface area contributed by atoms with Gasteiger partial charge in [-0.05, 0) is 55.4 Å². The van der Waals surface area contributed by atoms with Gasteiger partial charge in [0.05, 0.1) is 6.10 Å². The summed E-state index contributed by atoms with van der Waals surface area (Å²) in [6, 6.07) is 0. The smallest absolute Gasteiger partial charge is 0.316 e. The van der Waals surface area contributed by atoms with Crippen LogP contribution in [0.2, 0.25) is 0 Å². The molecule has 0 saturated carbocycles. The Hall–Kier alpha value is -6.14. The summed E-state index contributed by atoms with van der Waals surface area (Å²) < 4.78 is 56.3. The van der Waals surface area contributed by atoms with Gasteiger partial charge in [-0.25, -0.2) is 0 Å². The molecule has 0 amide bonds. The van der Waals surface area contributed by atoms with E-state index < -0.39 is 195 Å². The molecule has 0 unspecified atom stereocenters. The van der Waals surface area contributed by atoms with Crippen LogP contribution in [0.1, 0.15) is 100 Å². The summed E-state index contributed by atoms with van der Waals surface area (Å²) in [5.74, 6) is -16.9. The highest BCUT2D eigenvalue weighted by Gasteiger charge is 2.64. The van der Waals surface area contributed by atoms with Gasteiger partial charge in [0.15, 0.2) is 37.3 Å². The molecule has 0 aromatic rings. The second kappa shape index (κ2) is 24.6. The molecule has 0 aromatic carbocycles. The van der Waals surface area contributed by atoms with Crippen molar-refractivity contribution >= 4 is 82.3 Å². The Balaban J connectivity index is 2.97. The lowest BCUT2D eigenvalue weighted by Crippen LogP contribution is -2.63. The number of ether oxygens (including phenoxy) is 10. The van der Waals surface area contributed by atoms with Gasteiger partial charge < -0.3 is 47.4 Å². The van der Waals surface area contributed by atoms with Crippen molar-refractivity contribution in [3.8, 4) is 0 Å². The van der Waals surface area contributed by atoms with Crippen LogP contribution in [0.25, 0.3) is 0 Å². The minimum atomic E-state index is -2.92. The molecule has 2 aliphatic rings. The highest BCUT2D eigenvalue weighted by Crippen LogP contribution is 2.41. The highest BCUT2D eigenvalue weighted by atomic mass is 16.8. The van der Waals surface area contributed by atoms with Crippen molar-refractivity contribution in [2.75, 3.05) is 13.2 Å². The van der Waals surface area contributed by atoms with E-state index in [1.165, 1.54) is 6.92 Å². The fraction of sp³-hybridized carbons (Fsp3) is 0.650. The number of hydrogen-bond acceptors (Lipinski definition) is 24. The predicted octanol–water partition coefficient (Wildman–Crippen LogP) is -0.658. The SMILES string of the molecule is CC(=O)CC(=O)OC[C@H]1O[C@@](COC(=O)CC(C)=O)(OC(=O)CC(C)=O)[C@@H](OC(=O)CC(C)=O)[C@@H]1O[C@@H]1O[C@H](C)[C@H](OC(=O)CC(C)=O)[C@H](OC(=O)CC(C)=O)[C@H]1OC(=O)CC(C)=O. The number of Topliss-reactive ketones (excluding diaryl/α,β-unsaturated/α-hetero) is 7. The summed E-state index contributed by atoms with van der Waals surface area (Å²) in [4.78, 5) is 174. The lowest BCUT2D eigenvalue weighted by Gasteiger charge is -2.44. The van der Waals surface area contributed by atoms with Crippen molar-refractivity contribution in [2.45, 2.75) is 155 Å². The van der Waals surface area contributed by atoms with Crippen molar-refractivity contribution in [2.24, 2.45) is 0 Å². The van der Waals surface area contributed by atoms with Crippen molar-refractivity contribution in [3.63, 3.8) is 0 Å². The molecule has 0 spiro atoms. The Morgan fingerprint density at radius 1 is 0.438 bits per heavy atom. The van der Waals surface area contributed by atoms with E-state index in [0.29, 0.717) is 0 Å². The number of rotatable bonds is 25. The largest absolute Gasteiger partial charge is 0.462 e. The first kappa shape index (κ1) is 54.0. The fourth-order valence-electron chi connectivity index (χ4n) is 6.04. The maximum absolute atomic E-state index is 13.3. The van der Waals surface area contributed by atoms with Crippen molar-refractivity contribution in [1.29, 1.82) is 0 Å². The zero-order chi connectivity index (χ0) is 48.6. The molecule has 2 saturated heterocycles. The zero-order valence-electron chi connectivity index (χ0n) is 36.3. The van der Waals surface area contributed by atoms with Gasteiger partial charge in [-0.2, -0.15) is 0 Å². The van der Waals surface area contributed by atoms with Gasteiger partial charge in [-0.15, -0.1) is 0 Å². The number of carbonyl (C=O) groups excluding carboxylic acids is 14. The predicted molar refractivity (Wildman–Crippen MR) is 201 cm³/mol. The number of hydrogen-bond donors (Lipinski definition) is 0. The maximum atomic E-state index is 13.3. The molecule has 9 atom stereocenters. The maximum Gasteiger partial charge on any atom is 0.316 e. The molecule has 24 nitrogen and oxygen atoms in total. The zero-order valence-corrected chi connectivity index (χ0v) is 36.3. The Bertz CT molecular complexity index is 1880. The minimum absolute atomic E-state index is 0.658. The van der Waals surface area contributed by atoms with Crippen molar-refractivity contribution in [1.82, 2.24) is 0 Å². The molecule has 0 bridgehead atoms. The Morgan fingerprint density at radius 3 is 1.27 bits per heavy atom. The topological polar surface area (TPSA) is 331 Å². The lowest BCUT2D eigenvalue weighted by molar-refractivity contribution is -0.318. The lowest BCUT2D eigenvalue weighted by atomic mass is 9.98. The third kappa shape index (κ3) is 17.9. The summed E-state index contributed by atoms with van der Waals surface area (Å²) >= 11 is 0. The average molecular weight is 915 g/mol. The van der Waals surface area contributed by atoms with E-state index in [1.54, 1.807) is 0 Å². The quantitative estimate of drug-likeness (QED) is 0.0623. The van der Waals surface area contributed by atoms with E-state index in [0.717, 1.165) is 48.5 Å². The van der Waals surface area contributed by atoms with Crippen molar-refractivity contribution < 1.29 is 114 Å². The van der Waals surface area contributed by atoms with E-state index in [1.807, 2.05) is 0 Å². The summed E-state index contributed by atoms with van der Waals surface area (Å²) in [7, 11) is 0. The van der Waals surface area contributed by atoms with Crippen LogP contribution in [0.4, 0.5) is 0 Å². The second-order valence-electron chi connectivity index (χ2n) is 15.0. The van der Waals surface area contributed by atoms with E-state index >= 15 is 0 Å². The van der Waals surface area contributed by atoms with Crippen molar-refractivity contribution in [3.05, 3.63) is 0 Å². The molecular weight excluding hydrogens is 864 g/mol. The number of esters is 7. The molecule has 2 fully saturated rings. The monoisotopic (exact) mass is 914 g/mol. The van der Waals surface area contributed by atoms with E-state index in [4.69, 9.17) is 47.4 Å². The van der Waals surface area contributed by atoms with Crippen LogP contribution in [-0.2, 0) is 114 Å². The van der Waals surface area contributed by atoms with Gasteiger partial charge in [0.1, 0.15) is 104 Å². The molecule has 354 valence electrons. The third-order valence-electron chi connectivity index (χ3n) is 8.41. The van der Waals surface area contributed by atoms with Gasteiger partial charge in [0, 0.05) is 0 Å². The molecule has 0 N–H and O–H groups in total. The molecule has 64 heavy (non-hydrogen) atoms. The van der Waals surface area contributed by atoms with E-state index in [9.17, 15) is 67.1 Å². The highest BCUT2D eigenvalue weighted by molar-refractivity contribution is 5.97. The summed E-state index contributed by atoms with van der Waals surface area (Å²) in [6.45, 7) is 6.12. The number of ketones is 7. The normalized spacial score (nSPS) is 24.8.